The van der Waals surface area contributed by atoms with Crippen molar-refractivity contribution in [3.8, 4) is 0 Å². The van der Waals surface area contributed by atoms with Crippen LogP contribution < -0.4 is 16.0 Å². The maximum absolute atomic E-state index is 12.7. The number of fused-ring (bicyclic) bond motifs is 5. The van der Waals surface area contributed by atoms with Gasteiger partial charge in [0.1, 0.15) is 11.7 Å². The maximum atomic E-state index is 12.7. The van der Waals surface area contributed by atoms with Crippen LogP contribution in [0.2, 0.25) is 0 Å². The summed E-state index contributed by atoms with van der Waals surface area (Å²) in [6.07, 6.45) is -1.88. The predicted octanol–water partition coefficient (Wildman–Crippen LogP) is -2.38. The predicted molar refractivity (Wildman–Crippen MR) is 92.1 cm³/mol. The summed E-state index contributed by atoms with van der Waals surface area (Å²) in [5.74, 6) is -2.05. The number of hydrogen-bond acceptors (Lipinski definition) is 8. The Morgan fingerprint density at radius 3 is 2.59 bits per heavy atom. The Hall–Kier alpha value is -2.24. The number of rotatable bonds is 5. The molecule has 0 radical (unpaired) electrons. The fourth-order valence-corrected chi connectivity index (χ4v) is 3.25. The van der Waals surface area contributed by atoms with Crippen LogP contribution in [0, 0.1) is 0 Å². The average Bonchev–Trinajstić information content (AvgIpc) is 2.64. The number of para-hydroxylation sites is 1. The molecule has 3 fully saturated rings. The Morgan fingerprint density at radius 1 is 1.30 bits per heavy atom. The largest absolute Gasteiger partial charge is 0.393 e. The molecule has 1 unspecified atom stereocenters. The van der Waals surface area contributed by atoms with Crippen molar-refractivity contribution in [1.29, 1.82) is 0 Å². The van der Waals surface area contributed by atoms with Gasteiger partial charge in [0.25, 0.3) is 17.5 Å². The second-order valence-electron chi connectivity index (χ2n) is 7.03. The molecule has 0 saturated carbocycles. The number of nitrogens with one attached hydrogen (secondary N) is 3. The Labute approximate surface area is 155 Å². The van der Waals surface area contributed by atoms with Gasteiger partial charge in [0.2, 0.25) is 5.72 Å². The summed E-state index contributed by atoms with van der Waals surface area (Å²) in [5, 5.41) is 48.2. The number of ether oxygens (including phenoxy) is 1. The number of hydrogen-bond donors (Lipinski definition) is 7. The van der Waals surface area contributed by atoms with Crippen LogP contribution in [0.15, 0.2) is 30.3 Å². The third-order valence-electron chi connectivity index (χ3n) is 4.94. The molecule has 1 aromatic rings. The first-order valence-corrected chi connectivity index (χ1v) is 8.50. The van der Waals surface area contributed by atoms with E-state index < -0.39 is 47.6 Å². The summed E-state index contributed by atoms with van der Waals surface area (Å²) in [4.78, 5) is 25.4. The molecule has 0 aromatic heterocycles. The van der Waals surface area contributed by atoms with Crippen molar-refractivity contribution in [3.63, 3.8) is 0 Å². The van der Waals surface area contributed by atoms with Crippen molar-refractivity contribution >= 4 is 17.5 Å². The highest BCUT2D eigenvalue weighted by molar-refractivity contribution is 6.01. The van der Waals surface area contributed by atoms with E-state index in [0.29, 0.717) is 5.69 Å². The van der Waals surface area contributed by atoms with Crippen molar-refractivity contribution in [2.75, 3.05) is 18.5 Å². The smallest absolute Gasteiger partial charge is 0.279 e. The zero-order valence-corrected chi connectivity index (χ0v) is 14.7. The quantitative estimate of drug-likeness (QED) is 0.298. The summed E-state index contributed by atoms with van der Waals surface area (Å²) in [5.41, 5.74) is -6.15. The molecule has 2 bridgehead atoms. The average molecular weight is 381 g/mol. The van der Waals surface area contributed by atoms with Gasteiger partial charge in [0.05, 0.1) is 19.3 Å². The normalized spacial score (nSPS) is 33.9. The summed E-state index contributed by atoms with van der Waals surface area (Å²) >= 11 is 0. The standard InChI is InChI=1S/C17H23N3O7/c1-15(25,9-21)12(22)17-14(24)19-16(26,13(23)20-17)11(7-8-27-17)18-10-5-3-2-4-6-10/h2-6,11-12,18,21-22,25-26H,7-9H2,1H3,(H,19,24)(H,20,23)/t11?,12-,15-,16+,17-/m0/s1. The number of carbonyl (C=O) groups is 2. The number of carbonyl (C=O) groups excluding carboxylic acids is 2. The van der Waals surface area contributed by atoms with Crippen LogP contribution in [0.25, 0.3) is 0 Å². The summed E-state index contributed by atoms with van der Waals surface area (Å²) in [6.45, 7) is 0.0819. The monoisotopic (exact) mass is 381 g/mol. The summed E-state index contributed by atoms with van der Waals surface area (Å²) in [6, 6.07) is 7.89. The van der Waals surface area contributed by atoms with Crippen LogP contribution in [-0.2, 0) is 14.3 Å². The molecule has 3 aliphatic heterocycles. The SMILES string of the molecule is C[C@](O)(CO)[C@H](O)[C@@]12NC(=O)[C@@](O)(NC1=O)C(Nc1ccccc1)CCO2. The lowest BCUT2D eigenvalue weighted by atomic mass is 9.85. The first-order valence-electron chi connectivity index (χ1n) is 8.50. The van der Waals surface area contributed by atoms with E-state index in [0.717, 1.165) is 6.92 Å². The zero-order chi connectivity index (χ0) is 19.9. The van der Waals surface area contributed by atoms with E-state index in [4.69, 9.17) is 4.74 Å². The Kier molecular flexibility index (Phi) is 4.87. The molecule has 1 aromatic carbocycles. The van der Waals surface area contributed by atoms with Crippen LogP contribution in [0.1, 0.15) is 13.3 Å². The molecular weight excluding hydrogens is 358 g/mol. The Balaban J connectivity index is 1.92. The summed E-state index contributed by atoms with van der Waals surface area (Å²) in [7, 11) is 0. The highest BCUT2D eigenvalue weighted by Crippen LogP contribution is 2.32. The van der Waals surface area contributed by atoms with E-state index in [9.17, 15) is 30.0 Å². The van der Waals surface area contributed by atoms with Crippen LogP contribution in [0.3, 0.4) is 0 Å². The van der Waals surface area contributed by atoms with E-state index in [1.54, 1.807) is 30.3 Å². The van der Waals surface area contributed by atoms with Crippen LogP contribution in [-0.4, -0.2) is 74.7 Å². The fraction of sp³-hybridized carbons (Fsp3) is 0.529. The molecule has 4 rings (SSSR count). The van der Waals surface area contributed by atoms with Gasteiger partial charge in [0.15, 0.2) is 0 Å². The van der Waals surface area contributed by atoms with Gasteiger partial charge in [-0.15, -0.1) is 0 Å². The van der Waals surface area contributed by atoms with Crippen LogP contribution >= 0.6 is 0 Å². The molecule has 3 heterocycles. The number of amides is 2. The lowest BCUT2D eigenvalue weighted by molar-refractivity contribution is -0.236. The molecule has 7 N–H and O–H groups in total. The minimum absolute atomic E-state index is 0.106. The van der Waals surface area contributed by atoms with Gasteiger partial charge in [-0.25, -0.2) is 0 Å². The third kappa shape index (κ3) is 3.15. The first kappa shape index (κ1) is 19.5. The van der Waals surface area contributed by atoms with Crippen LogP contribution in [0.5, 0.6) is 0 Å². The van der Waals surface area contributed by atoms with Gasteiger partial charge in [-0.05, 0) is 25.5 Å². The van der Waals surface area contributed by atoms with E-state index in [1.807, 2.05) is 0 Å². The molecular formula is C17H23N3O7. The fourth-order valence-electron chi connectivity index (χ4n) is 3.25. The minimum Gasteiger partial charge on any atom is -0.393 e. The van der Waals surface area contributed by atoms with Crippen molar-refractivity contribution < 1.29 is 34.8 Å². The van der Waals surface area contributed by atoms with Gasteiger partial charge in [0, 0.05) is 5.69 Å². The van der Waals surface area contributed by atoms with Gasteiger partial charge in [-0.1, -0.05) is 18.2 Å². The number of anilines is 1. The number of piperazine rings is 1. The minimum atomic E-state index is -2.34. The lowest BCUT2D eigenvalue weighted by Crippen LogP contribution is -2.85. The highest BCUT2D eigenvalue weighted by atomic mass is 16.5. The Morgan fingerprint density at radius 2 is 1.96 bits per heavy atom. The summed E-state index contributed by atoms with van der Waals surface area (Å²) < 4.78 is 5.49. The molecule has 3 aliphatic rings. The molecule has 10 nitrogen and oxygen atoms in total. The Bertz CT molecular complexity index is 728. The number of benzene rings is 1. The van der Waals surface area contributed by atoms with E-state index in [-0.39, 0.29) is 13.0 Å². The number of aliphatic hydroxyl groups excluding tert-OH is 2. The van der Waals surface area contributed by atoms with Crippen molar-refractivity contribution in [1.82, 2.24) is 10.6 Å². The maximum Gasteiger partial charge on any atom is 0.279 e. The molecule has 0 aliphatic carbocycles. The first-order chi connectivity index (χ1) is 12.7. The van der Waals surface area contributed by atoms with Crippen LogP contribution in [0.4, 0.5) is 5.69 Å². The molecule has 10 heteroatoms. The zero-order valence-electron chi connectivity index (χ0n) is 14.7. The van der Waals surface area contributed by atoms with Gasteiger partial charge < -0.3 is 41.1 Å². The second-order valence-corrected chi connectivity index (χ2v) is 7.03. The molecule has 148 valence electrons. The van der Waals surface area contributed by atoms with Crippen molar-refractivity contribution in [2.24, 2.45) is 0 Å². The molecule has 27 heavy (non-hydrogen) atoms. The number of aliphatic hydroxyl groups is 4. The van der Waals surface area contributed by atoms with Gasteiger partial charge >= 0.3 is 0 Å². The van der Waals surface area contributed by atoms with Crippen molar-refractivity contribution in [2.45, 2.75) is 42.5 Å². The highest BCUT2D eigenvalue weighted by Gasteiger charge is 2.64. The lowest BCUT2D eigenvalue weighted by Gasteiger charge is -2.51. The molecule has 0 spiro atoms. The third-order valence-corrected chi connectivity index (χ3v) is 4.94. The van der Waals surface area contributed by atoms with E-state index in [1.165, 1.54) is 0 Å². The van der Waals surface area contributed by atoms with E-state index in [2.05, 4.69) is 16.0 Å². The molecule has 5 atom stereocenters. The second kappa shape index (κ2) is 6.73. The van der Waals surface area contributed by atoms with Gasteiger partial charge in [-0.2, -0.15) is 0 Å². The van der Waals surface area contributed by atoms with E-state index >= 15 is 0 Å². The topological polar surface area (TPSA) is 160 Å². The van der Waals surface area contributed by atoms with Gasteiger partial charge in [-0.3, -0.25) is 9.59 Å². The van der Waals surface area contributed by atoms with Crippen molar-refractivity contribution in [3.05, 3.63) is 30.3 Å². The molecule has 3 saturated heterocycles. The molecule has 2 amide bonds.